The maximum atomic E-state index is 10.9. The van der Waals surface area contributed by atoms with E-state index in [0.29, 0.717) is 6.61 Å². The van der Waals surface area contributed by atoms with Gasteiger partial charge in [-0.25, -0.2) is 4.79 Å². The molecule has 1 aliphatic heterocycles. The van der Waals surface area contributed by atoms with Crippen LogP contribution in [-0.4, -0.2) is 24.8 Å². The van der Waals surface area contributed by atoms with Crippen molar-refractivity contribution >= 4 is 12.0 Å². The van der Waals surface area contributed by atoms with Crippen molar-refractivity contribution in [1.82, 2.24) is 10.6 Å². The molecule has 1 aliphatic rings. The van der Waals surface area contributed by atoms with Crippen LogP contribution in [0.5, 0.6) is 0 Å². The Morgan fingerprint density at radius 1 is 1.67 bits per heavy atom. The first-order valence-electron chi connectivity index (χ1n) is 3.71. The van der Waals surface area contributed by atoms with E-state index in [2.05, 4.69) is 10.6 Å². The zero-order chi connectivity index (χ0) is 8.97. The Labute approximate surface area is 70.0 Å². The van der Waals surface area contributed by atoms with E-state index in [4.69, 9.17) is 15.9 Å². The highest BCUT2D eigenvalue weighted by Crippen LogP contribution is 2.08. The largest absolute Gasteiger partial charge is 0.370 e. The van der Waals surface area contributed by atoms with Crippen molar-refractivity contribution in [3.8, 4) is 0 Å². The van der Waals surface area contributed by atoms with Gasteiger partial charge in [-0.15, -0.1) is 0 Å². The summed E-state index contributed by atoms with van der Waals surface area (Å²) in [7, 11) is 0. The lowest BCUT2D eigenvalue weighted by molar-refractivity contribution is 0.0914. The third-order valence-corrected chi connectivity index (χ3v) is 1.47. The van der Waals surface area contributed by atoms with Gasteiger partial charge in [0.2, 0.25) is 0 Å². The van der Waals surface area contributed by atoms with Crippen LogP contribution in [0.25, 0.3) is 0 Å². The molecule has 1 fully saturated rings. The summed E-state index contributed by atoms with van der Waals surface area (Å²) in [4.78, 5) is 10.9. The Morgan fingerprint density at radius 2 is 2.42 bits per heavy atom. The van der Waals surface area contributed by atoms with Crippen molar-refractivity contribution in [2.45, 2.75) is 19.1 Å². The summed E-state index contributed by atoms with van der Waals surface area (Å²) >= 11 is 0. The normalized spacial score (nSPS) is 21.8. The van der Waals surface area contributed by atoms with Gasteiger partial charge in [-0.1, -0.05) is 0 Å². The molecule has 1 heterocycles. The number of ether oxygens (including phenoxy) is 1. The van der Waals surface area contributed by atoms with E-state index in [1.54, 1.807) is 0 Å². The number of carbonyl (C=O) groups is 1. The van der Waals surface area contributed by atoms with E-state index in [1.807, 2.05) is 0 Å². The summed E-state index contributed by atoms with van der Waals surface area (Å²) in [5.41, 5.74) is 4.94. The maximum Gasteiger partial charge on any atom is 0.323 e. The van der Waals surface area contributed by atoms with Crippen LogP contribution >= 0.6 is 0 Å². The van der Waals surface area contributed by atoms with Crippen molar-refractivity contribution < 1.29 is 9.53 Å². The van der Waals surface area contributed by atoms with Gasteiger partial charge in [0.15, 0.2) is 5.96 Å². The molecule has 1 unspecified atom stereocenters. The fourth-order valence-corrected chi connectivity index (χ4v) is 0.996. The molecule has 6 nitrogen and oxygen atoms in total. The predicted octanol–water partition coefficient (Wildman–Crippen LogP) is -0.684. The Balaban J connectivity index is 2.20. The zero-order valence-electron chi connectivity index (χ0n) is 6.59. The number of amides is 2. The van der Waals surface area contributed by atoms with E-state index < -0.39 is 6.03 Å². The van der Waals surface area contributed by atoms with Crippen LogP contribution in [0.15, 0.2) is 0 Å². The van der Waals surface area contributed by atoms with Gasteiger partial charge >= 0.3 is 6.03 Å². The van der Waals surface area contributed by atoms with Crippen molar-refractivity contribution in [2.24, 2.45) is 5.73 Å². The fraction of sp³-hybridized carbons (Fsp3) is 0.667. The second-order valence-electron chi connectivity index (χ2n) is 2.51. The number of guanidine groups is 1. The van der Waals surface area contributed by atoms with Crippen LogP contribution in [-0.2, 0) is 4.74 Å². The molecule has 0 saturated carbocycles. The fourth-order valence-electron chi connectivity index (χ4n) is 0.996. The number of carbonyl (C=O) groups excluding carboxylic acids is 1. The highest BCUT2D eigenvalue weighted by molar-refractivity contribution is 5.93. The highest BCUT2D eigenvalue weighted by Gasteiger charge is 2.17. The highest BCUT2D eigenvalue weighted by atomic mass is 16.5. The van der Waals surface area contributed by atoms with E-state index in [9.17, 15) is 4.79 Å². The second-order valence-corrected chi connectivity index (χ2v) is 2.51. The van der Waals surface area contributed by atoms with Crippen LogP contribution in [0.1, 0.15) is 12.8 Å². The summed E-state index contributed by atoms with van der Waals surface area (Å²) < 4.78 is 5.12. The molecular weight excluding hydrogens is 160 g/mol. The number of hydrogen-bond donors (Lipinski definition) is 4. The third-order valence-electron chi connectivity index (χ3n) is 1.47. The standard InChI is InChI=1S/C6H12N4O2/c7-5(8)10-6(11)9-4-2-1-3-12-4/h4H,1-3H2,(H5,7,8,9,10,11). The summed E-state index contributed by atoms with van der Waals surface area (Å²) in [6.07, 6.45) is 1.53. The van der Waals surface area contributed by atoms with Gasteiger partial charge in [0.05, 0.1) is 0 Å². The Hall–Kier alpha value is -1.30. The number of hydrogen-bond acceptors (Lipinski definition) is 3. The van der Waals surface area contributed by atoms with Crippen molar-refractivity contribution in [2.75, 3.05) is 6.61 Å². The van der Waals surface area contributed by atoms with Gasteiger partial charge in [-0.3, -0.25) is 10.7 Å². The number of nitrogens with one attached hydrogen (secondary N) is 3. The quantitative estimate of drug-likeness (QED) is 0.311. The molecule has 1 atom stereocenters. The molecule has 0 aromatic heterocycles. The molecule has 0 bridgehead atoms. The lowest BCUT2D eigenvalue weighted by atomic mass is 10.3. The van der Waals surface area contributed by atoms with Gasteiger partial charge in [-0.05, 0) is 12.8 Å². The SMILES string of the molecule is N=C(N)NC(=O)NC1CCCO1. The van der Waals surface area contributed by atoms with Gasteiger partial charge in [-0.2, -0.15) is 0 Å². The van der Waals surface area contributed by atoms with Gasteiger partial charge < -0.3 is 15.8 Å². The average molecular weight is 172 g/mol. The Morgan fingerprint density at radius 3 is 2.92 bits per heavy atom. The summed E-state index contributed by atoms with van der Waals surface area (Å²) in [5, 5.41) is 11.4. The molecule has 68 valence electrons. The van der Waals surface area contributed by atoms with Gasteiger partial charge in [0.1, 0.15) is 6.23 Å². The number of nitrogens with two attached hydrogens (primary N) is 1. The first-order chi connectivity index (χ1) is 5.68. The monoisotopic (exact) mass is 172 g/mol. The van der Waals surface area contributed by atoms with Crippen LogP contribution in [0.4, 0.5) is 4.79 Å². The molecule has 0 aromatic rings. The van der Waals surface area contributed by atoms with Crippen LogP contribution in [0.2, 0.25) is 0 Å². The van der Waals surface area contributed by atoms with Crippen molar-refractivity contribution in [3.05, 3.63) is 0 Å². The topological polar surface area (TPSA) is 100 Å². The molecule has 0 spiro atoms. The maximum absolute atomic E-state index is 10.9. The molecular formula is C6H12N4O2. The smallest absolute Gasteiger partial charge is 0.323 e. The molecule has 0 aromatic carbocycles. The molecule has 5 N–H and O–H groups in total. The third kappa shape index (κ3) is 2.75. The second kappa shape index (κ2) is 3.91. The average Bonchev–Trinajstić information content (AvgIpc) is 2.37. The first kappa shape index (κ1) is 8.79. The van der Waals surface area contributed by atoms with E-state index in [0.717, 1.165) is 12.8 Å². The minimum absolute atomic E-state index is 0.232. The van der Waals surface area contributed by atoms with Crippen molar-refractivity contribution in [3.63, 3.8) is 0 Å². The minimum atomic E-state index is -0.491. The predicted molar refractivity (Wildman–Crippen MR) is 42.6 cm³/mol. The molecule has 0 radical (unpaired) electrons. The molecule has 0 aliphatic carbocycles. The number of rotatable bonds is 1. The lowest BCUT2D eigenvalue weighted by Crippen LogP contribution is -2.46. The molecule has 1 saturated heterocycles. The molecule has 12 heavy (non-hydrogen) atoms. The van der Waals surface area contributed by atoms with Gasteiger partial charge in [0.25, 0.3) is 0 Å². The molecule has 2 amide bonds. The first-order valence-corrected chi connectivity index (χ1v) is 3.71. The summed E-state index contributed by atoms with van der Waals surface area (Å²) in [6.45, 7) is 0.672. The van der Waals surface area contributed by atoms with Crippen LogP contribution in [0, 0.1) is 5.41 Å². The molecule has 6 heteroatoms. The van der Waals surface area contributed by atoms with Crippen molar-refractivity contribution in [1.29, 1.82) is 5.41 Å². The van der Waals surface area contributed by atoms with E-state index in [1.165, 1.54) is 0 Å². The van der Waals surface area contributed by atoms with E-state index >= 15 is 0 Å². The minimum Gasteiger partial charge on any atom is -0.370 e. The summed E-state index contributed by atoms with van der Waals surface area (Å²) in [6, 6.07) is -0.491. The van der Waals surface area contributed by atoms with Crippen LogP contribution in [0.3, 0.4) is 0 Å². The van der Waals surface area contributed by atoms with Crippen LogP contribution < -0.4 is 16.4 Å². The van der Waals surface area contributed by atoms with E-state index in [-0.39, 0.29) is 12.2 Å². The van der Waals surface area contributed by atoms with Gasteiger partial charge in [0, 0.05) is 6.61 Å². The Bertz CT molecular complexity index is 188. The molecule has 1 rings (SSSR count). The zero-order valence-corrected chi connectivity index (χ0v) is 6.59. The lowest BCUT2D eigenvalue weighted by Gasteiger charge is -2.11. The number of urea groups is 1. The Kier molecular flexibility index (Phi) is 2.87. The summed E-state index contributed by atoms with van der Waals surface area (Å²) in [5.74, 6) is -0.370.